The summed E-state index contributed by atoms with van der Waals surface area (Å²) in [7, 11) is -3.29. The predicted molar refractivity (Wildman–Crippen MR) is 44.9 cm³/mol. The maximum absolute atomic E-state index is 11.0. The molecule has 0 heterocycles. The summed E-state index contributed by atoms with van der Waals surface area (Å²) in [4.78, 5) is 0. The highest BCUT2D eigenvalue weighted by Gasteiger charge is 2.20. The van der Waals surface area contributed by atoms with Gasteiger partial charge in [-0.1, -0.05) is 6.92 Å². The molecule has 0 unspecified atom stereocenters. The van der Waals surface area contributed by atoms with Crippen LogP contribution in [0, 0.1) is 0 Å². The summed E-state index contributed by atoms with van der Waals surface area (Å²) < 4.78 is 26.9. The molecule has 0 atom stereocenters. The Morgan fingerprint density at radius 3 is 2.00 bits per heavy atom. The Morgan fingerprint density at radius 1 is 1.27 bits per heavy atom. The molecule has 0 saturated heterocycles. The van der Waals surface area contributed by atoms with Gasteiger partial charge in [0.05, 0.1) is 11.4 Å². The van der Waals surface area contributed by atoms with E-state index in [0.717, 1.165) is 0 Å². The zero-order valence-electron chi connectivity index (χ0n) is 7.55. The van der Waals surface area contributed by atoms with Crippen LogP contribution in [0.3, 0.4) is 0 Å². The summed E-state index contributed by atoms with van der Waals surface area (Å²) >= 11 is 0. The standard InChI is InChI=1S/C7H16O3S/c1-5-6-11(8,9)10-7(2,3)4/h5-6H2,1-4H3. The zero-order valence-corrected chi connectivity index (χ0v) is 8.36. The molecule has 0 aliphatic carbocycles. The second-order valence-corrected chi connectivity index (χ2v) is 5.15. The van der Waals surface area contributed by atoms with Crippen LogP contribution in [-0.4, -0.2) is 19.8 Å². The minimum Gasteiger partial charge on any atom is -0.264 e. The molecule has 4 heteroatoms. The summed E-state index contributed by atoms with van der Waals surface area (Å²) in [5.41, 5.74) is -0.603. The van der Waals surface area contributed by atoms with Crippen LogP contribution in [-0.2, 0) is 14.3 Å². The molecule has 0 rings (SSSR count). The van der Waals surface area contributed by atoms with Gasteiger partial charge in [-0.05, 0) is 27.2 Å². The average molecular weight is 180 g/mol. The first-order valence-electron chi connectivity index (χ1n) is 3.70. The van der Waals surface area contributed by atoms with Crippen LogP contribution in [0.4, 0.5) is 0 Å². The van der Waals surface area contributed by atoms with E-state index in [1.165, 1.54) is 0 Å². The molecule has 0 saturated carbocycles. The van der Waals surface area contributed by atoms with Gasteiger partial charge in [-0.25, -0.2) is 0 Å². The van der Waals surface area contributed by atoms with Gasteiger partial charge in [0.2, 0.25) is 0 Å². The van der Waals surface area contributed by atoms with E-state index in [-0.39, 0.29) is 5.75 Å². The lowest BCUT2D eigenvalue weighted by Gasteiger charge is -2.18. The van der Waals surface area contributed by atoms with Crippen LogP contribution < -0.4 is 0 Å². The number of hydrogen-bond acceptors (Lipinski definition) is 3. The van der Waals surface area contributed by atoms with Crippen molar-refractivity contribution in [3.05, 3.63) is 0 Å². The fourth-order valence-corrected chi connectivity index (χ4v) is 2.02. The van der Waals surface area contributed by atoms with Crippen LogP contribution in [0.5, 0.6) is 0 Å². The lowest BCUT2D eigenvalue weighted by molar-refractivity contribution is 0.139. The van der Waals surface area contributed by atoms with Crippen molar-refractivity contribution in [3.8, 4) is 0 Å². The SMILES string of the molecule is CCCS(=O)(=O)OC(C)(C)C. The molecule has 0 aliphatic rings. The van der Waals surface area contributed by atoms with Crippen molar-refractivity contribution < 1.29 is 12.6 Å². The largest absolute Gasteiger partial charge is 0.267 e. The molecule has 68 valence electrons. The van der Waals surface area contributed by atoms with E-state index in [4.69, 9.17) is 4.18 Å². The molecule has 0 aromatic carbocycles. The second-order valence-electron chi connectivity index (χ2n) is 3.46. The van der Waals surface area contributed by atoms with E-state index in [1.54, 1.807) is 20.8 Å². The van der Waals surface area contributed by atoms with E-state index in [2.05, 4.69) is 0 Å². The Balaban J connectivity index is 4.15. The summed E-state index contributed by atoms with van der Waals surface area (Å²) in [6.45, 7) is 6.98. The Morgan fingerprint density at radius 2 is 1.73 bits per heavy atom. The fourth-order valence-electron chi connectivity index (χ4n) is 0.673. The van der Waals surface area contributed by atoms with Gasteiger partial charge in [0.1, 0.15) is 0 Å². The summed E-state index contributed by atoms with van der Waals surface area (Å²) in [5, 5.41) is 0. The van der Waals surface area contributed by atoms with Gasteiger partial charge in [-0.15, -0.1) is 0 Å². The summed E-state index contributed by atoms with van der Waals surface area (Å²) in [6, 6.07) is 0. The lowest BCUT2D eigenvalue weighted by atomic mass is 10.2. The Hall–Kier alpha value is -0.0900. The lowest BCUT2D eigenvalue weighted by Crippen LogP contribution is -2.25. The monoisotopic (exact) mass is 180 g/mol. The van der Waals surface area contributed by atoms with Gasteiger partial charge in [-0.3, -0.25) is 4.18 Å². The van der Waals surface area contributed by atoms with Crippen molar-refractivity contribution in [1.82, 2.24) is 0 Å². The fraction of sp³-hybridized carbons (Fsp3) is 1.00. The van der Waals surface area contributed by atoms with Gasteiger partial charge in [-0.2, -0.15) is 8.42 Å². The maximum atomic E-state index is 11.0. The van der Waals surface area contributed by atoms with Gasteiger partial charge in [0.25, 0.3) is 10.1 Å². The van der Waals surface area contributed by atoms with Crippen molar-refractivity contribution in [2.75, 3.05) is 5.75 Å². The van der Waals surface area contributed by atoms with Crippen LogP contribution in [0.2, 0.25) is 0 Å². The zero-order chi connectivity index (χ0) is 9.12. The molecule has 0 amide bonds. The van der Waals surface area contributed by atoms with Crippen LogP contribution >= 0.6 is 0 Å². The van der Waals surface area contributed by atoms with E-state index >= 15 is 0 Å². The Bertz CT molecular complexity index is 198. The smallest absolute Gasteiger partial charge is 0.264 e. The Labute approximate surface area is 68.9 Å². The Kier molecular flexibility index (Phi) is 3.51. The first-order valence-corrected chi connectivity index (χ1v) is 5.28. The van der Waals surface area contributed by atoms with E-state index in [0.29, 0.717) is 6.42 Å². The van der Waals surface area contributed by atoms with Gasteiger partial charge in [0, 0.05) is 0 Å². The summed E-state index contributed by atoms with van der Waals surface area (Å²) in [5.74, 6) is 0.101. The quantitative estimate of drug-likeness (QED) is 0.619. The average Bonchev–Trinajstić information content (AvgIpc) is 1.55. The molecule has 0 radical (unpaired) electrons. The first kappa shape index (κ1) is 10.9. The number of hydrogen-bond donors (Lipinski definition) is 0. The van der Waals surface area contributed by atoms with E-state index in [1.807, 2.05) is 6.92 Å². The van der Waals surface area contributed by atoms with Crippen molar-refractivity contribution in [2.45, 2.75) is 39.7 Å². The third-order valence-electron chi connectivity index (χ3n) is 0.831. The van der Waals surface area contributed by atoms with Crippen molar-refractivity contribution >= 4 is 10.1 Å². The second kappa shape index (κ2) is 3.54. The normalized spacial score (nSPS) is 13.5. The molecule has 0 spiro atoms. The highest BCUT2D eigenvalue weighted by molar-refractivity contribution is 7.86. The van der Waals surface area contributed by atoms with E-state index in [9.17, 15) is 8.42 Å². The molecule has 0 bridgehead atoms. The third kappa shape index (κ3) is 6.31. The molecule has 0 aromatic rings. The maximum Gasteiger partial charge on any atom is 0.267 e. The highest BCUT2D eigenvalue weighted by Crippen LogP contribution is 2.12. The minimum absolute atomic E-state index is 0.101. The first-order chi connectivity index (χ1) is 4.77. The van der Waals surface area contributed by atoms with Crippen LogP contribution in [0.15, 0.2) is 0 Å². The van der Waals surface area contributed by atoms with Crippen LogP contribution in [0.1, 0.15) is 34.1 Å². The van der Waals surface area contributed by atoms with Crippen molar-refractivity contribution in [1.29, 1.82) is 0 Å². The van der Waals surface area contributed by atoms with Crippen molar-refractivity contribution in [3.63, 3.8) is 0 Å². The minimum atomic E-state index is -3.29. The van der Waals surface area contributed by atoms with Gasteiger partial charge in [0.15, 0.2) is 0 Å². The molecule has 11 heavy (non-hydrogen) atoms. The molecule has 3 nitrogen and oxygen atoms in total. The van der Waals surface area contributed by atoms with Gasteiger partial charge >= 0.3 is 0 Å². The molecular formula is C7H16O3S. The molecule has 0 N–H and O–H groups in total. The molecular weight excluding hydrogens is 164 g/mol. The van der Waals surface area contributed by atoms with Crippen molar-refractivity contribution in [2.24, 2.45) is 0 Å². The predicted octanol–water partition coefficient (Wildman–Crippen LogP) is 1.54. The highest BCUT2D eigenvalue weighted by atomic mass is 32.2. The molecule has 0 fully saturated rings. The summed E-state index contributed by atoms with van der Waals surface area (Å²) in [6.07, 6.45) is 0.596. The van der Waals surface area contributed by atoms with Gasteiger partial charge < -0.3 is 0 Å². The topological polar surface area (TPSA) is 43.4 Å². The number of rotatable bonds is 3. The van der Waals surface area contributed by atoms with E-state index < -0.39 is 15.7 Å². The molecule has 0 aliphatic heterocycles. The molecule has 0 aromatic heterocycles. The van der Waals surface area contributed by atoms with Crippen LogP contribution in [0.25, 0.3) is 0 Å². The third-order valence-corrected chi connectivity index (χ3v) is 2.49.